The number of thiazole rings is 1. The van der Waals surface area contributed by atoms with Crippen LogP contribution in [0.15, 0.2) is 48.7 Å². The summed E-state index contributed by atoms with van der Waals surface area (Å²) in [6.07, 6.45) is 1.91. The second-order valence-corrected chi connectivity index (χ2v) is 8.21. The standard InChI is InChI=1S/C20H15Cl2FN4OS/c1-11-18(9-24-19(28)25-14-6-7-15(21)16(22)8-14)29-20-26-17(10-27(11)20)12-2-4-13(23)5-3-12/h2-8,10H,9H2,1H3,(H2,24,25,28). The number of anilines is 1. The Morgan fingerprint density at radius 1 is 1.17 bits per heavy atom. The Bertz CT molecular complexity index is 1200. The Balaban J connectivity index is 1.45. The molecule has 2 amide bonds. The van der Waals surface area contributed by atoms with E-state index in [1.807, 2.05) is 17.5 Å². The van der Waals surface area contributed by atoms with Gasteiger partial charge in [-0.05, 0) is 49.4 Å². The van der Waals surface area contributed by atoms with Crippen molar-refractivity contribution < 1.29 is 9.18 Å². The van der Waals surface area contributed by atoms with Gasteiger partial charge in [-0.25, -0.2) is 14.2 Å². The first kappa shape index (κ1) is 19.7. The van der Waals surface area contributed by atoms with E-state index < -0.39 is 0 Å². The fraction of sp³-hybridized carbons (Fsp3) is 0.100. The number of nitrogens with one attached hydrogen (secondary N) is 2. The number of amides is 2. The van der Waals surface area contributed by atoms with Gasteiger partial charge in [-0.15, -0.1) is 0 Å². The predicted molar refractivity (Wildman–Crippen MR) is 116 cm³/mol. The number of hydrogen-bond donors (Lipinski definition) is 2. The highest BCUT2D eigenvalue weighted by Crippen LogP contribution is 2.28. The lowest BCUT2D eigenvalue weighted by atomic mass is 10.2. The summed E-state index contributed by atoms with van der Waals surface area (Å²) >= 11 is 13.3. The lowest BCUT2D eigenvalue weighted by Gasteiger charge is -2.08. The van der Waals surface area contributed by atoms with Crippen molar-refractivity contribution in [1.29, 1.82) is 0 Å². The normalized spacial score (nSPS) is 11.0. The van der Waals surface area contributed by atoms with Crippen molar-refractivity contribution in [2.75, 3.05) is 5.32 Å². The third kappa shape index (κ3) is 4.22. The van der Waals surface area contributed by atoms with Gasteiger partial charge in [-0.2, -0.15) is 0 Å². The number of fused-ring (bicyclic) bond motifs is 1. The van der Waals surface area contributed by atoms with E-state index in [0.29, 0.717) is 22.3 Å². The minimum atomic E-state index is -0.346. The van der Waals surface area contributed by atoms with Crippen LogP contribution in [-0.2, 0) is 6.54 Å². The summed E-state index contributed by atoms with van der Waals surface area (Å²) in [7, 11) is 0. The molecule has 0 saturated carbocycles. The Labute approximate surface area is 180 Å². The van der Waals surface area contributed by atoms with E-state index >= 15 is 0 Å². The lowest BCUT2D eigenvalue weighted by molar-refractivity contribution is 0.252. The fourth-order valence-electron chi connectivity index (χ4n) is 2.83. The largest absolute Gasteiger partial charge is 0.333 e. The third-order valence-corrected chi connectivity index (χ3v) is 6.28. The van der Waals surface area contributed by atoms with E-state index in [2.05, 4.69) is 15.6 Å². The summed E-state index contributed by atoms with van der Waals surface area (Å²) in [4.78, 5) is 18.6. The van der Waals surface area contributed by atoms with Crippen LogP contribution in [0.5, 0.6) is 0 Å². The number of aryl methyl sites for hydroxylation is 1. The van der Waals surface area contributed by atoms with Crippen LogP contribution in [0, 0.1) is 12.7 Å². The minimum Gasteiger partial charge on any atom is -0.333 e. The average Bonchev–Trinajstić information content (AvgIpc) is 3.23. The lowest BCUT2D eigenvalue weighted by Crippen LogP contribution is -2.28. The second-order valence-electron chi connectivity index (χ2n) is 6.33. The first-order valence-electron chi connectivity index (χ1n) is 8.64. The van der Waals surface area contributed by atoms with Gasteiger partial charge < -0.3 is 10.6 Å². The van der Waals surface area contributed by atoms with Gasteiger partial charge in [0, 0.05) is 28.0 Å². The van der Waals surface area contributed by atoms with Gasteiger partial charge in [0.15, 0.2) is 4.96 Å². The van der Waals surface area contributed by atoms with Crippen molar-refractivity contribution >= 4 is 51.2 Å². The number of urea groups is 1. The monoisotopic (exact) mass is 448 g/mol. The van der Waals surface area contributed by atoms with Crippen LogP contribution in [-0.4, -0.2) is 15.4 Å². The van der Waals surface area contributed by atoms with Crippen LogP contribution >= 0.6 is 34.5 Å². The molecule has 4 aromatic rings. The third-order valence-electron chi connectivity index (χ3n) is 4.38. The van der Waals surface area contributed by atoms with Gasteiger partial charge in [-0.1, -0.05) is 34.5 Å². The molecular formula is C20H15Cl2FN4OS. The van der Waals surface area contributed by atoms with Crippen LogP contribution in [0.3, 0.4) is 0 Å². The highest BCUT2D eigenvalue weighted by molar-refractivity contribution is 7.17. The summed E-state index contributed by atoms with van der Waals surface area (Å²) in [5, 5.41) is 6.35. The molecule has 0 bridgehead atoms. The van der Waals surface area contributed by atoms with Crippen LogP contribution in [0.2, 0.25) is 10.0 Å². The second kappa shape index (κ2) is 8.02. The number of benzene rings is 2. The molecule has 0 atom stereocenters. The number of imidazole rings is 1. The molecule has 5 nitrogen and oxygen atoms in total. The van der Waals surface area contributed by atoms with E-state index in [0.717, 1.165) is 26.8 Å². The topological polar surface area (TPSA) is 58.4 Å². The molecule has 0 spiro atoms. The highest BCUT2D eigenvalue weighted by atomic mass is 35.5. The SMILES string of the molecule is Cc1c(CNC(=O)Nc2ccc(Cl)c(Cl)c2)sc2nc(-c3ccc(F)cc3)cn12. The van der Waals surface area contributed by atoms with Crippen LogP contribution in [0.1, 0.15) is 10.6 Å². The molecule has 0 aliphatic carbocycles. The van der Waals surface area contributed by atoms with Gasteiger partial charge >= 0.3 is 6.03 Å². The molecule has 0 aliphatic rings. The van der Waals surface area contributed by atoms with Gasteiger partial charge in [-0.3, -0.25) is 4.40 Å². The molecule has 29 heavy (non-hydrogen) atoms. The quantitative estimate of drug-likeness (QED) is 0.393. The number of halogens is 3. The molecule has 0 fully saturated rings. The van der Waals surface area contributed by atoms with Crippen molar-refractivity contribution in [1.82, 2.24) is 14.7 Å². The smallest absolute Gasteiger partial charge is 0.319 e. The van der Waals surface area contributed by atoms with Gasteiger partial charge in [0.2, 0.25) is 0 Å². The Morgan fingerprint density at radius 2 is 1.93 bits per heavy atom. The van der Waals surface area contributed by atoms with Gasteiger partial charge in [0.1, 0.15) is 5.82 Å². The molecule has 2 N–H and O–H groups in total. The van der Waals surface area contributed by atoms with Crippen LogP contribution < -0.4 is 10.6 Å². The summed E-state index contributed by atoms with van der Waals surface area (Å²) in [6.45, 7) is 2.33. The Hall–Kier alpha value is -2.61. The van der Waals surface area contributed by atoms with Crippen molar-refractivity contribution in [3.63, 3.8) is 0 Å². The molecule has 0 saturated heterocycles. The Kier molecular flexibility index (Phi) is 5.45. The molecule has 4 rings (SSSR count). The minimum absolute atomic E-state index is 0.279. The predicted octanol–water partition coefficient (Wildman–Crippen LogP) is 6.14. The van der Waals surface area contributed by atoms with Crippen molar-refractivity contribution in [2.45, 2.75) is 13.5 Å². The van der Waals surface area contributed by atoms with E-state index in [1.54, 1.807) is 30.3 Å². The maximum absolute atomic E-state index is 13.1. The van der Waals surface area contributed by atoms with E-state index in [4.69, 9.17) is 23.2 Å². The number of carbonyl (C=O) groups is 1. The summed E-state index contributed by atoms with van der Waals surface area (Å²) in [6, 6.07) is 10.8. The zero-order chi connectivity index (χ0) is 20.5. The molecular weight excluding hydrogens is 434 g/mol. The van der Waals surface area contributed by atoms with E-state index in [1.165, 1.54) is 23.5 Å². The van der Waals surface area contributed by atoms with Gasteiger partial charge in [0.05, 0.1) is 22.3 Å². The van der Waals surface area contributed by atoms with Crippen LogP contribution in [0.4, 0.5) is 14.9 Å². The molecule has 2 heterocycles. The number of carbonyl (C=O) groups excluding carboxylic acids is 1. The number of rotatable bonds is 4. The maximum Gasteiger partial charge on any atom is 0.319 e. The molecule has 0 radical (unpaired) electrons. The van der Waals surface area contributed by atoms with E-state index in [-0.39, 0.29) is 11.8 Å². The first-order chi connectivity index (χ1) is 13.9. The maximum atomic E-state index is 13.1. The van der Waals surface area contributed by atoms with Gasteiger partial charge in [0.25, 0.3) is 0 Å². The summed E-state index contributed by atoms with van der Waals surface area (Å²) in [5.41, 5.74) is 3.16. The van der Waals surface area contributed by atoms with Crippen LogP contribution in [0.25, 0.3) is 16.2 Å². The zero-order valence-electron chi connectivity index (χ0n) is 15.2. The van der Waals surface area contributed by atoms with Crippen molar-refractivity contribution in [2.24, 2.45) is 0 Å². The van der Waals surface area contributed by atoms with E-state index in [9.17, 15) is 9.18 Å². The summed E-state index contributed by atoms with van der Waals surface area (Å²) < 4.78 is 15.1. The Morgan fingerprint density at radius 3 is 2.62 bits per heavy atom. The molecule has 2 aromatic carbocycles. The summed E-state index contributed by atoms with van der Waals surface area (Å²) in [5.74, 6) is -0.279. The number of aromatic nitrogens is 2. The number of hydrogen-bond acceptors (Lipinski definition) is 3. The molecule has 0 aliphatic heterocycles. The molecule has 148 valence electrons. The highest BCUT2D eigenvalue weighted by Gasteiger charge is 2.14. The molecule has 2 aromatic heterocycles. The number of nitrogens with zero attached hydrogens (tertiary/aromatic N) is 2. The zero-order valence-corrected chi connectivity index (χ0v) is 17.5. The molecule has 0 unspecified atom stereocenters. The van der Waals surface area contributed by atoms with Crippen molar-refractivity contribution in [3.8, 4) is 11.3 Å². The van der Waals surface area contributed by atoms with Crippen molar-refractivity contribution in [3.05, 3.63) is 75.1 Å². The average molecular weight is 449 g/mol. The first-order valence-corrected chi connectivity index (χ1v) is 10.2. The molecule has 9 heteroatoms. The fourth-order valence-corrected chi connectivity index (χ4v) is 4.17.